The second-order valence-corrected chi connectivity index (χ2v) is 3.92. The average Bonchev–Trinajstić information content (AvgIpc) is 1.87. The maximum absolute atomic E-state index is 2.21. The molecule has 0 aromatic rings. The molecule has 0 saturated heterocycles. The Morgan fingerprint density at radius 3 is 1.54 bits per heavy atom. The topological polar surface area (TPSA) is 0 Å². The molecule has 0 aliphatic heterocycles. The van der Waals surface area contributed by atoms with Crippen LogP contribution in [-0.2, 0) is 21.1 Å². The fourth-order valence-corrected chi connectivity index (χ4v) is 0.408. The minimum absolute atomic E-state index is 0. The van der Waals surface area contributed by atoms with E-state index in [1.807, 2.05) is 0 Å². The van der Waals surface area contributed by atoms with E-state index in [0.29, 0.717) is 0 Å². The summed E-state index contributed by atoms with van der Waals surface area (Å²) >= 11 is 0. The van der Waals surface area contributed by atoms with E-state index in [1.54, 1.807) is 0 Å². The number of hydrogen-bond donors (Lipinski definition) is 0. The number of rotatable bonds is 2. The molecule has 0 saturated carbocycles. The van der Waals surface area contributed by atoms with Crippen molar-refractivity contribution in [1.29, 1.82) is 0 Å². The Balaban J connectivity index is -0.000000143. The predicted molar refractivity (Wildman–Crippen MR) is 59.2 cm³/mol. The van der Waals surface area contributed by atoms with Crippen LogP contribution in [0.25, 0.3) is 0 Å². The summed E-state index contributed by atoms with van der Waals surface area (Å²) in [4.78, 5) is 0. The first kappa shape index (κ1) is 19.1. The third-order valence-corrected chi connectivity index (χ3v) is 1.77. The van der Waals surface area contributed by atoms with Crippen molar-refractivity contribution in [2.75, 3.05) is 0 Å². The van der Waals surface area contributed by atoms with Crippen LogP contribution in [0.2, 0.25) is 0 Å². The Morgan fingerprint density at radius 2 is 1.54 bits per heavy atom. The molecule has 0 radical (unpaired) electrons. The molecule has 0 fully saturated rings. The van der Waals surface area contributed by atoms with Crippen LogP contribution in [0.1, 0.15) is 54.9 Å². The van der Waals surface area contributed by atoms with Crippen molar-refractivity contribution in [3.63, 3.8) is 0 Å². The molecule has 0 atom stereocenters. The average molecular weight is 353 g/mol. The zero-order chi connectivity index (χ0) is 10.1. The van der Waals surface area contributed by atoms with Crippen molar-refractivity contribution >= 4 is 0 Å². The summed E-state index contributed by atoms with van der Waals surface area (Å²) < 4.78 is 0. The summed E-state index contributed by atoms with van der Waals surface area (Å²) in [6.45, 7) is 15.1. The molecule has 1 heteroatoms. The van der Waals surface area contributed by atoms with E-state index in [0.717, 1.165) is 5.92 Å². The van der Waals surface area contributed by atoms with Gasteiger partial charge in [0.05, 0.1) is 0 Å². The van der Waals surface area contributed by atoms with Gasteiger partial charge in [-0.1, -0.05) is 32.4 Å². The van der Waals surface area contributed by atoms with Gasteiger partial charge in [-0.2, -0.15) is 19.8 Å². The summed E-state index contributed by atoms with van der Waals surface area (Å²) in [5, 5.41) is 0. The molecule has 0 spiro atoms. The molecule has 0 aromatic carbocycles. The van der Waals surface area contributed by atoms with E-state index in [4.69, 9.17) is 0 Å². The molecule has 0 N–H and O–H groups in total. The van der Waals surface area contributed by atoms with Crippen LogP contribution in [0, 0.1) is 11.8 Å². The van der Waals surface area contributed by atoms with Crippen LogP contribution in [0.3, 0.4) is 0 Å². The Morgan fingerprint density at radius 1 is 1.23 bits per heavy atom. The van der Waals surface area contributed by atoms with Crippen molar-refractivity contribution < 1.29 is 21.1 Å². The Bertz CT molecular complexity index is 102. The van der Waals surface area contributed by atoms with Gasteiger partial charge in [0.2, 0.25) is 0 Å². The van der Waals surface area contributed by atoms with Gasteiger partial charge in [0.25, 0.3) is 0 Å². The van der Waals surface area contributed by atoms with Crippen LogP contribution < -0.4 is 0 Å². The molecule has 0 rings (SSSR count). The summed E-state index contributed by atoms with van der Waals surface area (Å²) in [7, 11) is 0. The SMILES string of the molecule is CCC=C(C)C.C[C-](C)C(C)C.[W]. The van der Waals surface area contributed by atoms with Gasteiger partial charge in [0.1, 0.15) is 0 Å². The van der Waals surface area contributed by atoms with E-state index in [2.05, 4.69) is 54.5 Å². The third kappa shape index (κ3) is 24.5. The van der Waals surface area contributed by atoms with E-state index < -0.39 is 0 Å². The summed E-state index contributed by atoms with van der Waals surface area (Å²) in [5.41, 5.74) is 1.41. The second-order valence-electron chi connectivity index (χ2n) is 3.92. The van der Waals surface area contributed by atoms with E-state index in [-0.39, 0.29) is 21.1 Å². The molecule has 0 aromatic heterocycles. The van der Waals surface area contributed by atoms with Crippen molar-refractivity contribution in [2.45, 2.75) is 54.9 Å². The molecule has 0 aliphatic carbocycles. The monoisotopic (exact) mass is 353 g/mol. The molecule has 13 heavy (non-hydrogen) atoms. The van der Waals surface area contributed by atoms with Crippen molar-refractivity contribution in [1.82, 2.24) is 0 Å². The quantitative estimate of drug-likeness (QED) is 0.502. The minimum atomic E-state index is 0. The zero-order valence-corrected chi connectivity index (χ0v) is 13.2. The normalized spacial score (nSPS) is 8.69. The maximum Gasteiger partial charge on any atom is 0 e. The summed E-state index contributed by atoms with van der Waals surface area (Å²) in [6, 6.07) is 0. The van der Waals surface area contributed by atoms with Crippen LogP contribution >= 0.6 is 0 Å². The van der Waals surface area contributed by atoms with Gasteiger partial charge in [-0.15, -0.1) is 0 Å². The molecular weight excluding hydrogens is 328 g/mol. The minimum Gasteiger partial charge on any atom is -0.317 e. The van der Waals surface area contributed by atoms with Gasteiger partial charge in [-0.3, -0.25) is 0 Å². The molecule has 80 valence electrons. The zero-order valence-electron chi connectivity index (χ0n) is 10.3. The van der Waals surface area contributed by atoms with Gasteiger partial charge in [0, 0.05) is 21.1 Å². The number of hydrogen-bond acceptors (Lipinski definition) is 0. The molecular formula is C12H25W-. The van der Waals surface area contributed by atoms with Gasteiger partial charge in [0.15, 0.2) is 0 Å². The van der Waals surface area contributed by atoms with Gasteiger partial charge < -0.3 is 5.92 Å². The van der Waals surface area contributed by atoms with Crippen molar-refractivity contribution in [3.05, 3.63) is 17.6 Å². The molecule has 0 heterocycles. The fraction of sp³-hybridized carbons (Fsp3) is 0.750. The molecule has 0 bridgehead atoms. The fourth-order valence-electron chi connectivity index (χ4n) is 0.408. The standard InChI is InChI=1S/C6H13.C6H12.W/c1-5(2)6(3)4;1-4-5-6(2)3;/h5H,1-4H3;5H,4H2,1-3H3;/q-1;;. The molecule has 0 amide bonds. The van der Waals surface area contributed by atoms with Crippen molar-refractivity contribution in [2.24, 2.45) is 5.92 Å². The van der Waals surface area contributed by atoms with Gasteiger partial charge >= 0.3 is 0 Å². The van der Waals surface area contributed by atoms with E-state index >= 15 is 0 Å². The summed E-state index contributed by atoms with van der Waals surface area (Å²) in [6.07, 6.45) is 3.38. The van der Waals surface area contributed by atoms with Crippen LogP contribution in [0.15, 0.2) is 11.6 Å². The first-order chi connectivity index (χ1) is 5.41. The third-order valence-electron chi connectivity index (χ3n) is 1.77. The van der Waals surface area contributed by atoms with Crippen LogP contribution in [0.4, 0.5) is 0 Å². The Labute approximate surface area is 99.5 Å². The molecule has 0 unspecified atom stereocenters. The Kier molecular flexibility index (Phi) is 18.2. The van der Waals surface area contributed by atoms with Crippen molar-refractivity contribution in [3.8, 4) is 0 Å². The van der Waals surface area contributed by atoms with E-state index in [1.165, 1.54) is 17.9 Å². The molecule has 0 aliphatic rings. The first-order valence-electron chi connectivity index (χ1n) is 4.85. The van der Waals surface area contributed by atoms with Gasteiger partial charge in [-0.05, 0) is 20.3 Å². The largest absolute Gasteiger partial charge is 0.317 e. The maximum atomic E-state index is 2.21. The van der Waals surface area contributed by atoms with Crippen LogP contribution in [-0.4, -0.2) is 0 Å². The predicted octanol–water partition coefficient (Wildman–Crippen LogP) is 4.62. The van der Waals surface area contributed by atoms with E-state index in [9.17, 15) is 0 Å². The molecule has 0 nitrogen and oxygen atoms in total. The Hall–Kier alpha value is 0.428. The van der Waals surface area contributed by atoms with Crippen LogP contribution in [0.5, 0.6) is 0 Å². The first-order valence-corrected chi connectivity index (χ1v) is 4.85. The smallest absolute Gasteiger partial charge is 0 e. The second kappa shape index (κ2) is 12.4. The summed E-state index contributed by atoms with van der Waals surface area (Å²) in [5.74, 6) is 2.28. The van der Waals surface area contributed by atoms with Gasteiger partial charge in [-0.25, -0.2) is 0 Å². The number of allylic oxidation sites excluding steroid dienone is 2.